The lowest BCUT2D eigenvalue weighted by atomic mass is 9.95. The van der Waals surface area contributed by atoms with Crippen molar-refractivity contribution >= 4 is 0 Å². The van der Waals surface area contributed by atoms with E-state index in [0.717, 1.165) is 6.42 Å². The van der Waals surface area contributed by atoms with Crippen LogP contribution in [0, 0.1) is 0 Å². The Labute approximate surface area is 109 Å². The molecular weight excluding hydrogens is 226 g/mol. The second-order valence-corrected chi connectivity index (χ2v) is 5.53. The topological polar surface area (TPSA) is 36.3 Å². The van der Waals surface area contributed by atoms with Gasteiger partial charge in [0.2, 0.25) is 0 Å². The van der Waals surface area contributed by atoms with Gasteiger partial charge < -0.3 is 5.32 Å². The maximum absolute atomic E-state index is 4.26. The molecule has 0 aromatic carbocycles. The standard InChI is InChI=1S/C13H23N5/c1-14-12(7-11-8-15-16(2)9-11)13-10-17-3-5-18(13)6-4-17/h8-9,12-14H,3-7,10H2,1-2H3. The second kappa shape index (κ2) is 4.99. The molecule has 1 N–H and O–H groups in total. The van der Waals surface area contributed by atoms with E-state index < -0.39 is 0 Å². The number of fused-ring (bicyclic) bond motifs is 3. The van der Waals surface area contributed by atoms with Gasteiger partial charge in [-0.3, -0.25) is 14.5 Å². The van der Waals surface area contributed by atoms with E-state index in [4.69, 9.17) is 0 Å². The first-order chi connectivity index (χ1) is 8.76. The highest BCUT2D eigenvalue weighted by molar-refractivity contribution is 5.08. The number of likely N-dealkylation sites (N-methyl/N-ethyl adjacent to an activating group) is 1. The average molecular weight is 249 g/mol. The first-order valence-corrected chi connectivity index (χ1v) is 6.87. The van der Waals surface area contributed by atoms with Gasteiger partial charge in [-0.25, -0.2) is 0 Å². The summed E-state index contributed by atoms with van der Waals surface area (Å²) in [5, 5.41) is 7.77. The van der Waals surface area contributed by atoms with Crippen molar-refractivity contribution in [3.05, 3.63) is 18.0 Å². The molecule has 2 bridgehead atoms. The summed E-state index contributed by atoms with van der Waals surface area (Å²) in [6.07, 6.45) is 5.18. The fourth-order valence-corrected chi connectivity index (χ4v) is 3.30. The van der Waals surface area contributed by atoms with Gasteiger partial charge in [-0.2, -0.15) is 5.10 Å². The first kappa shape index (κ1) is 12.1. The maximum atomic E-state index is 4.26. The summed E-state index contributed by atoms with van der Waals surface area (Å²) < 4.78 is 1.89. The zero-order valence-corrected chi connectivity index (χ0v) is 11.3. The van der Waals surface area contributed by atoms with Crippen LogP contribution >= 0.6 is 0 Å². The summed E-state index contributed by atoms with van der Waals surface area (Å²) in [6, 6.07) is 1.18. The highest BCUT2D eigenvalue weighted by Crippen LogP contribution is 2.20. The molecule has 3 saturated heterocycles. The SMILES string of the molecule is CNC(Cc1cnn(C)c1)C1CN2CCN1CC2. The lowest BCUT2D eigenvalue weighted by molar-refractivity contribution is -0.00202. The summed E-state index contributed by atoms with van der Waals surface area (Å²) in [4.78, 5) is 5.25. The molecular formula is C13H23N5. The Bertz CT molecular complexity index is 394. The van der Waals surface area contributed by atoms with E-state index >= 15 is 0 Å². The van der Waals surface area contributed by atoms with Gasteiger partial charge in [0.05, 0.1) is 6.20 Å². The number of aromatic nitrogens is 2. The molecule has 4 rings (SSSR count). The number of hydrogen-bond donors (Lipinski definition) is 1. The van der Waals surface area contributed by atoms with Crippen molar-refractivity contribution in [2.24, 2.45) is 7.05 Å². The quantitative estimate of drug-likeness (QED) is 0.784. The molecule has 0 amide bonds. The number of hydrogen-bond acceptors (Lipinski definition) is 4. The number of aryl methyl sites for hydroxylation is 1. The minimum absolute atomic E-state index is 0.525. The number of nitrogens with one attached hydrogen (secondary N) is 1. The van der Waals surface area contributed by atoms with Gasteiger partial charge in [0.1, 0.15) is 0 Å². The molecule has 1 aromatic heterocycles. The normalized spacial score (nSPS) is 32.7. The van der Waals surface area contributed by atoms with Crippen molar-refractivity contribution in [1.82, 2.24) is 24.9 Å². The van der Waals surface area contributed by atoms with Crippen LogP contribution in [0.1, 0.15) is 5.56 Å². The van der Waals surface area contributed by atoms with Gasteiger partial charge in [-0.05, 0) is 19.0 Å². The van der Waals surface area contributed by atoms with E-state index in [1.165, 1.54) is 38.3 Å². The van der Waals surface area contributed by atoms with E-state index in [9.17, 15) is 0 Å². The highest BCUT2D eigenvalue weighted by Gasteiger charge is 2.36. The summed E-state index contributed by atoms with van der Waals surface area (Å²) in [5.41, 5.74) is 1.33. The van der Waals surface area contributed by atoms with Crippen LogP contribution in [0.15, 0.2) is 12.4 Å². The molecule has 1 aromatic rings. The molecule has 2 unspecified atom stereocenters. The molecule has 3 fully saturated rings. The van der Waals surface area contributed by atoms with Crippen molar-refractivity contribution in [3.63, 3.8) is 0 Å². The van der Waals surface area contributed by atoms with E-state index in [2.05, 4.69) is 33.5 Å². The zero-order chi connectivity index (χ0) is 12.5. The lowest BCUT2D eigenvalue weighted by Crippen LogP contribution is -2.66. The maximum Gasteiger partial charge on any atom is 0.0522 e. The molecule has 3 aliphatic heterocycles. The fraction of sp³-hybridized carbons (Fsp3) is 0.769. The largest absolute Gasteiger partial charge is 0.315 e. The second-order valence-electron chi connectivity index (χ2n) is 5.53. The average Bonchev–Trinajstić information content (AvgIpc) is 2.83. The Morgan fingerprint density at radius 1 is 1.39 bits per heavy atom. The van der Waals surface area contributed by atoms with Crippen LogP contribution in [-0.4, -0.2) is 71.4 Å². The van der Waals surface area contributed by atoms with Crippen LogP contribution in [-0.2, 0) is 13.5 Å². The molecule has 0 saturated carbocycles. The molecule has 4 heterocycles. The predicted molar refractivity (Wildman–Crippen MR) is 71.6 cm³/mol. The molecule has 0 aliphatic carbocycles. The van der Waals surface area contributed by atoms with Gasteiger partial charge in [0.25, 0.3) is 0 Å². The molecule has 5 heteroatoms. The minimum atomic E-state index is 0.525. The molecule has 5 nitrogen and oxygen atoms in total. The smallest absolute Gasteiger partial charge is 0.0522 e. The molecule has 2 atom stereocenters. The highest BCUT2D eigenvalue weighted by atomic mass is 15.4. The fourth-order valence-electron chi connectivity index (χ4n) is 3.30. The summed E-state index contributed by atoms with van der Waals surface area (Å²) in [6.45, 7) is 6.18. The van der Waals surface area contributed by atoms with Gasteiger partial charge in [0.15, 0.2) is 0 Å². The van der Waals surface area contributed by atoms with Gasteiger partial charge in [-0.1, -0.05) is 0 Å². The Morgan fingerprint density at radius 2 is 2.17 bits per heavy atom. The predicted octanol–water partition coefficient (Wildman–Crippen LogP) is -0.450. The first-order valence-electron chi connectivity index (χ1n) is 6.87. The van der Waals surface area contributed by atoms with Crippen molar-refractivity contribution in [2.75, 3.05) is 39.8 Å². The number of rotatable bonds is 4. The van der Waals surface area contributed by atoms with E-state index in [1.54, 1.807) is 0 Å². The van der Waals surface area contributed by atoms with Crippen molar-refractivity contribution in [1.29, 1.82) is 0 Å². The molecule has 0 radical (unpaired) electrons. The summed E-state index contributed by atoms with van der Waals surface area (Å²) in [5.74, 6) is 0. The summed E-state index contributed by atoms with van der Waals surface area (Å²) >= 11 is 0. The monoisotopic (exact) mass is 249 g/mol. The van der Waals surface area contributed by atoms with Gasteiger partial charge in [0, 0.05) is 58.1 Å². The third-order valence-corrected chi connectivity index (χ3v) is 4.37. The third kappa shape index (κ3) is 2.30. The van der Waals surface area contributed by atoms with E-state index in [1.807, 2.05) is 17.9 Å². The minimum Gasteiger partial charge on any atom is -0.315 e. The van der Waals surface area contributed by atoms with Crippen LogP contribution in [0.5, 0.6) is 0 Å². The Morgan fingerprint density at radius 3 is 2.67 bits per heavy atom. The van der Waals surface area contributed by atoms with Crippen molar-refractivity contribution < 1.29 is 0 Å². The molecule has 100 valence electrons. The molecule has 3 aliphatic rings. The number of piperazine rings is 3. The Hall–Kier alpha value is -0.910. The molecule has 18 heavy (non-hydrogen) atoms. The van der Waals surface area contributed by atoms with Crippen LogP contribution in [0.25, 0.3) is 0 Å². The van der Waals surface area contributed by atoms with Crippen molar-refractivity contribution in [2.45, 2.75) is 18.5 Å². The van der Waals surface area contributed by atoms with Crippen LogP contribution < -0.4 is 5.32 Å². The van der Waals surface area contributed by atoms with Gasteiger partial charge >= 0.3 is 0 Å². The Kier molecular flexibility index (Phi) is 3.37. The van der Waals surface area contributed by atoms with Gasteiger partial charge in [-0.15, -0.1) is 0 Å². The van der Waals surface area contributed by atoms with Crippen LogP contribution in [0.2, 0.25) is 0 Å². The Balaban J connectivity index is 1.68. The number of nitrogens with zero attached hydrogens (tertiary/aromatic N) is 4. The summed E-state index contributed by atoms with van der Waals surface area (Å²) in [7, 11) is 4.06. The van der Waals surface area contributed by atoms with E-state index in [0.29, 0.717) is 12.1 Å². The lowest BCUT2D eigenvalue weighted by Gasteiger charge is -2.50. The van der Waals surface area contributed by atoms with E-state index in [-0.39, 0.29) is 0 Å². The third-order valence-electron chi connectivity index (χ3n) is 4.37. The van der Waals surface area contributed by atoms with Crippen LogP contribution in [0.4, 0.5) is 0 Å². The van der Waals surface area contributed by atoms with Crippen molar-refractivity contribution in [3.8, 4) is 0 Å². The van der Waals surface area contributed by atoms with Crippen LogP contribution in [0.3, 0.4) is 0 Å². The molecule has 0 spiro atoms. The zero-order valence-electron chi connectivity index (χ0n) is 11.3.